The maximum atomic E-state index is 14.6. The molecule has 3 rings (SSSR count). The van der Waals surface area contributed by atoms with E-state index in [0.717, 1.165) is 18.5 Å². The van der Waals surface area contributed by atoms with E-state index in [9.17, 15) is 17.6 Å². The molecule has 0 atom stereocenters. The van der Waals surface area contributed by atoms with Crippen molar-refractivity contribution >= 4 is 16.0 Å². The van der Waals surface area contributed by atoms with Crippen LogP contribution in [0.3, 0.4) is 0 Å². The third kappa shape index (κ3) is 8.03. The van der Waals surface area contributed by atoms with Crippen molar-refractivity contribution in [3.05, 3.63) is 35.7 Å². The van der Waals surface area contributed by atoms with Gasteiger partial charge in [0.25, 0.3) is 0 Å². The monoisotopic (exact) mass is 522 g/mol. The average Bonchev–Trinajstić information content (AvgIpc) is 2.80. The minimum Gasteiger partial charge on any atom is -0.473 e. The standard InChI is InChI=1S/C23H27FN4O7S/c1-5-18-21(33-17-6-9-28(10-7-17)35-23(29)32-15(2)3)26-14-27-22(18)34-20-13-25-16(12-19(20)24)8-11-36(4,30)31/h1,12-15,17H,6-11H2,2-4H3. The van der Waals surface area contributed by atoms with Gasteiger partial charge in [-0.2, -0.15) is 0 Å². The number of hydroxylamine groups is 2. The van der Waals surface area contributed by atoms with E-state index in [0.29, 0.717) is 25.9 Å². The minimum atomic E-state index is -3.21. The Kier molecular flexibility index (Phi) is 9.00. The van der Waals surface area contributed by atoms with Gasteiger partial charge >= 0.3 is 6.16 Å². The first-order chi connectivity index (χ1) is 17.0. The fourth-order valence-electron chi connectivity index (χ4n) is 3.23. The van der Waals surface area contributed by atoms with Crippen molar-refractivity contribution in [1.29, 1.82) is 0 Å². The van der Waals surface area contributed by atoms with Gasteiger partial charge in [0.05, 0.1) is 18.1 Å². The molecule has 0 N–H and O–H groups in total. The van der Waals surface area contributed by atoms with E-state index < -0.39 is 21.8 Å². The highest BCUT2D eigenvalue weighted by atomic mass is 32.2. The molecule has 3 heterocycles. The second-order valence-electron chi connectivity index (χ2n) is 8.35. The fourth-order valence-corrected chi connectivity index (χ4v) is 3.81. The molecule has 2 aromatic heterocycles. The summed E-state index contributed by atoms with van der Waals surface area (Å²) in [6.45, 7) is 4.29. The van der Waals surface area contributed by atoms with Crippen molar-refractivity contribution in [1.82, 2.24) is 20.0 Å². The second-order valence-corrected chi connectivity index (χ2v) is 10.6. The predicted molar refractivity (Wildman–Crippen MR) is 126 cm³/mol. The summed E-state index contributed by atoms with van der Waals surface area (Å²) in [6, 6.07) is 1.10. The summed E-state index contributed by atoms with van der Waals surface area (Å²) in [5.41, 5.74) is 0.360. The van der Waals surface area contributed by atoms with Gasteiger partial charge < -0.3 is 19.0 Å². The van der Waals surface area contributed by atoms with Crippen molar-refractivity contribution < 1.29 is 36.7 Å². The van der Waals surface area contributed by atoms with Crippen LogP contribution in [0.2, 0.25) is 0 Å². The summed E-state index contributed by atoms with van der Waals surface area (Å²) >= 11 is 0. The molecule has 0 aliphatic carbocycles. The van der Waals surface area contributed by atoms with Crippen molar-refractivity contribution in [2.45, 2.75) is 45.3 Å². The van der Waals surface area contributed by atoms with E-state index in [2.05, 4.69) is 20.9 Å². The topological polar surface area (TPSA) is 130 Å². The molecule has 0 spiro atoms. The first kappa shape index (κ1) is 27.1. The van der Waals surface area contributed by atoms with Gasteiger partial charge in [-0.15, -0.1) is 11.5 Å². The number of hydrogen-bond acceptors (Lipinski definition) is 11. The molecule has 0 saturated carbocycles. The van der Waals surface area contributed by atoms with Crippen LogP contribution in [0.1, 0.15) is 37.9 Å². The Hall–Kier alpha value is -3.50. The number of carbonyl (C=O) groups excluding carboxylic acids is 1. The van der Waals surface area contributed by atoms with Crippen LogP contribution in [0, 0.1) is 18.2 Å². The summed E-state index contributed by atoms with van der Waals surface area (Å²) in [4.78, 5) is 28.9. The number of piperidine rings is 1. The van der Waals surface area contributed by atoms with Crippen LogP contribution < -0.4 is 9.47 Å². The number of nitrogens with zero attached hydrogens (tertiary/aromatic N) is 4. The van der Waals surface area contributed by atoms with Crippen LogP contribution in [0.25, 0.3) is 0 Å². The number of aromatic nitrogens is 3. The minimum absolute atomic E-state index is 0.0693. The summed E-state index contributed by atoms with van der Waals surface area (Å²) in [7, 11) is -3.21. The highest BCUT2D eigenvalue weighted by Crippen LogP contribution is 2.30. The Morgan fingerprint density at radius 3 is 2.56 bits per heavy atom. The van der Waals surface area contributed by atoms with Gasteiger partial charge in [-0.3, -0.25) is 4.98 Å². The molecule has 1 saturated heterocycles. The lowest BCUT2D eigenvalue weighted by atomic mass is 10.1. The van der Waals surface area contributed by atoms with Gasteiger partial charge in [0.15, 0.2) is 11.6 Å². The Balaban J connectivity index is 1.63. The zero-order valence-electron chi connectivity index (χ0n) is 20.1. The van der Waals surface area contributed by atoms with Crippen LogP contribution in [-0.2, 0) is 25.8 Å². The average molecular weight is 523 g/mol. The van der Waals surface area contributed by atoms with E-state index in [-0.39, 0.29) is 53.1 Å². The number of carbonyl (C=O) groups is 1. The number of terminal acetylenes is 1. The van der Waals surface area contributed by atoms with Gasteiger partial charge in [-0.05, 0) is 19.9 Å². The first-order valence-electron chi connectivity index (χ1n) is 11.2. The van der Waals surface area contributed by atoms with E-state index in [1.165, 1.54) is 11.4 Å². The van der Waals surface area contributed by atoms with Crippen LogP contribution >= 0.6 is 0 Å². The highest BCUT2D eigenvalue weighted by Gasteiger charge is 2.26. The molecule has 2 aromatic rings. The molecule has 36 heavy (non-hydrogen) atoms. The lowest BCUT2D eigenvalue weighted by molar-refractivity contribution is -0.151. The Bertz CT molecular complexity index is 1230. The molecular weight excluding hydrogens is 495 g/mol. The molecule has 11 nitrogen and oxygen atoms in total. The van der Waals surface area contributed by atoms with Crippen LogP contribution in [0.5, 0.6) is 17.5 Å². The number of sulfone groups is 1. The van der Waals surface area contributed by atoms with E-state index in [4.69, 9.17) is 25.5 Å². The molecule has 0 amide bonds. The van der Waals surface area contributed by atoms with Crippen molar-refractivity contribution in [2.24, 2.45) is 0 Å². The van der Waals surface area contributed by atoms with Gasteiger partial charge in [0.1, 0.15) is 27.8 Å². The van der Waals surface area contributed by atoms with Gasteiger partial charge in [-0.25, -0.2) is 27.6 Å². The fraction of sp³-hybridized carbons (Fsp3) is 0.478. The molecule has 1 aliphatic heterocycles. The molecule has 1 fully saturated rings. The molecule has 0 bridgehead atoms. The van der Waals surface area contributed by atoms with Crippen molar-refractivity contribution in [3.8, 4) is 29.9 Å². The maximum absolute atomic E-state index is 14.6. The molecule has 0 aromatic carbocycles. The zero-order chi connectivity index (χ0) is 26.3. The predicted octanol–water partition coefficient (Wildman–Crippen LogP) is 2.69. The van der Waals surface area contributed by atoms with Crippen molar-refractivity contribution in [3.63, 3.8) is 0 Å². The first-order valence-corrected chi connectivity index (χ1v) is 13.2. The number of hydrogen-bond donors (Lipinski definition) is 0. The Morgan fingerprint density at radius 2 is 1.94 bits per heavy atom. The molecule has 0 radical (unpaired) electrons. The van der Waals surface area contributed by atoms with Gasteiger partial charge in [0.2, 0.25) is 11.8 Å². The van der Waals surface area contributed by atoms with E-state index >= 15 is 0 Å². The van der Waals surface area contributed by atoms with Crippen molar-refractivity contribution in [2.75, 3.05) is 25.1 Å². The van der Waals surface area contributed by atoms with Crippen LogP contribution in [-0.4, -0.2) is 71.9 Å². The maximum Gasteiger partial charge on any atom is 0.528 e. The Morgan fingerprint density at radius 1 is 1.25 bits per heavy atom. The van der Waals surface area contributed by atoms with Gasteiger partial charge in [-0.1, -0.05) is 5.92 Å². The zero-order valence-corrected chi connectivity index (χ0v) is 21.0. The van der Waals surface area contributed by atoms with Crippen LogP contribution in [0.15, 0.2) is 18.6 Å². The highest BCUT2D eigenvalue weighted by molar-refractivity contribution is 7.90. The van der Waals surface area contributed by atoms with E-state index in [1.54, 1.807) is 13.8 Å². The largest absolute Gasteiger partial charge is 0.528 e. The smallest absolute Gasteiger partial charge is 0.473 e. The summed E-state index contributed by atoms with van der Waals surface area (Å²) in [5.74, 6) is 1.28. The molecular formula is C23H27FN4O7S. The second kappa shape index (κ2) is 12.0. The molecule has 13 heteroatoms. The summed E-state index contributed by atoms with van der Waals surface area (Å²) in [6.07, 6.45) is 8.84. The number of rotatable bonds is 9. The summed E-state index contributed by atoms with van der Waals surface area (Å²) < 4.78 is 53.7. The normalized spacial score (nSPS) is 14.8. The molecule has 194 valence electrons. The lowest BCUT2D eigenvalue weighted by Gasteiger charge is -2.30. The lowest BCUT2D eigenvalue weighted by Crippen LogP contribution is -2.40. The van der Waals surface area contributed by atoms with Crippen LogP contribution in [0.4, 0.5) is 9.18 Å². The number of ether oxygens (including phenoxy) is 3. The third-order valence-corrected chi connectivity index (χ3v) is 5.89. The number of aryl methyl sites for hydroxylation is 1. The van der Waals surface area contributed by atoms with E-state index in [1.807, 2.05) is 0 Å². The number of pyridine rings is 1. The molecule has 0 unspecified atom stereocenters. The Labute approximate surface area is 208 Å². The van der Waals surface area contributed by atoms with Gasteiger partial charge in [0, 0.05) is 44.3 Å². The SMILES string of the molecule is C#Cc1c(Oc2cnc(CCS(C)(=O)=O)cc2F)ncnc1OC1CCN(OC(=O)OC(C)C)CC1. The number of halogens is 1. The quantitative estimate of drug-likeness (QED) is 0.356. The third-order valence-electron chi connectivity index (χ3n) is 4.95. The molecule has 1 aliphatic rings. The summed E-state index contributed by atoms with van der Waals surface area (Å²) in [5, 5.41) is 1.50.